The van der Waals surface area contributed by atoms with Gasteiger partial charge in [0.2, 0.25) is 0 Å². The SMILES string of the molecule is CCCC(CC)Nc1ccc(N)c(C(N)=O)c1. The zero-order chi connectivity index (χ0) is 12.8. The van der Waals surface area contributed by atoms with Crippen molar-refractivity contribution in [2.24, 2.45) is 5.73 Å². The number of primary amides is 1. The molecular weight excluding hydrogens is 214 g/mol. The van der Waals surface area contributed by atoms with Crippen molar-refractivity contribution in [3.8, 4) is 0 Å². The maximum atomic E-state index is 11.2. The van der Waals surface area contributed by atoms with E-state index in [-0.39, 0.29) is 0 Å². The fraction of sp³-hybridized carbons (Fsp3) is 0.462. The molecule has 1 aromatic rings. The number of hydrogen-bond donors (Lipinski definition) is 3. The summed E-state index contributed by atoms with van der Waals surface area (Å²) in [6, 6.07) is 5.72. The van der Waals surface area contributed by atoms with Crippen molar-refractivity contribution >= 4 is 17.3 Å². The fourth-order valence-corrected chi connectivity index (χ4v) is 1.82. The number of nitrogens with one attached hydrogen (secondary N) is 1. The van der Waals surface area contributed by atoms with Crippen LogP contribution in [0.4, 0.5) is 11.4 Å². The highest BCUT2D eigenvalue weighted by atomic mass is 16.1. The molecule has 0 spiro atoms. The van der Waals surface area contributed by atoms with Gasteiger partial charge in [0.1, 0.15) is 0 Å². The average Bonchev–Trinajstić information content (AvgIpc) is 2.30. The van der Waals surface area contributed by atoms with Crippen molar-refractivity contribution < 1.29 is 4.79 Å². The summed E-state index contributed by atoms with van der Waals surface area (Å²) in [7, 11) is 0. The van der Waals surface area contributed by atoms with Gasteiger partial charge in [-0.1, -0.05) is 20.3 Å². The van der Waals surface area contributed by atoms with Gasteiger partial charge in [0.15, 0.2) is 0 Å². The lowest BCUT2D eigenvalue weighted by Gasteiger charge is -2.18. The molecule has 0 aromatic heterocycles. The van der Waals surface area contributed by atoms with Crippen molar-refractivity contribution in [1.82, 2.24) is 0 Å². The van der Waals surface area contributed by atoms with Gasteiger partial charge in [-0.3, -0.25) is 4.79 Å². The van der Waals surface area contributed by atoms with E-state index in [0.29, 0.717) is 17.3 Å². The standard InChI is InChI=1S/C13H21N3O/c1-3-5-9(4-2)16-10-6-7-12(14)11(8-10)13(15)17/h6-9,16H,3-5,14H2,1-2H3,(H2,15,17). The van der Waals surface area contributed by atoms with E-state index in [1.54, 1.807) is 12.1 Å². The molecule has 94 valence electrons. The van der Waals surface area contributed by atoms with Crippen molar-refractivity contribution in [2.75, 3.05) is 11.1 Å². The molecule has 1 rings (SSSR count). The third-order valence-electron chi connectivity index (χ3n) is 2.82. The fourth-order valence-electron chi connectivity index (χ4n) is 1.82. The highest BCUT2D eigenvalue weighted by Crippen LogP contribution is 2.19. The molecule has 0 heterocycles. The normalized spacial score (nSPS) is 12.1. The van der Waals surface area contributed by atoms with Crippen LogP contribution in [-0.4, -0.2) is 11.9 Å². The molecule has 17 heavy (non-hydrogen) atoms. The predicted molar refractivity (Wildman–Crippen MR) is 72.0 cm³/mol. The minimum Gasteiger partial charge on any atom is -0.398 e. The second-order valence-electron chi connectivity index (χ2n) is 4.20. The molecule has 0 saturated heterocycles. The molecule has 4 nitrogen and oxygen atoms in total. The van der Waals surface area contributed by atoms with Crippen molar-refractivity contribution in [3.05, 3.63) is 23.8 Å². The summed E-state index contributed by atoms with van der Waals surface area (Å²) in [4.78, 5) is 11.2. The van der Waals surface area contributed by atoms with Gasteiger partial charge in [-0.25, -0.2) is 0 Å². The Labute approximate surface area is 102 Å². The van der Waals surface area contributed by atoms with E-state index in [9.17, 15) is 4.79 Å². The summed E-state index contributed by atoms with van der Waals surface area (Å²) in [6.45, 7) is 4.29. The van der Waals surface area contributed by atoms with E-state index in [4.69, 9.17) is 11.5 Å². The number of amides is 1. The summed E-state index contributed by atoms with van der Waals surface area (Å²) in [5, 5.41) is 3.39. The molecule has 0 aliphatic heterocycles. The first-order chi connectivity index (χ1) is 8.08. The molecule has 1 unspecified atom stereocenters. The van der Waals surface area contributed by atoms with Crippen LogP contribution in [-0.2, 0) is 0 Å². The number of benzene rings is 1. The Balaban J connectivity index is 2.84. The van der Waals surface area contributed by atoms with E-state index < -0.39 is 5.91 Å². The Morgan fingerprint density at radius 1 is 1.41 bits per heavy atom. The lowest BCUT2D eigenvalue weighted by molar-refractivity contribution is 0.100. The molecule has 1 aromatic carbocycles. The Kier molecular flexibility index (Phi) is 4.82. The van der Waals surface area contributed by atoms with Crippen LogP contribution < -0.4 is 16.8 Å². The summed E-state index contributed by atoms with van der Waals surface area (Å²) in [5.41, 5.74) is 12.6. The van der Waals surface area contributed by atoms with Gasteiger partial charge in [0, 0.05) is 17.4 Å². The largest absolute Gasteiger partial charge is 0.398 e. The van der Waals surface area contributed by atoms with Crippen molar-refractivity contribution in [3.63, 3.8) is 0 Å². The van der Waals surface area contributed by atoms with E-state index in [0.717, 1.165) is 24.9 Å². The van der Waals surface area contributed by atoms with Crippen LogP contribution in [0.25, 0.3) is 0 Å². The summed E-state index contributed by atoms with van der Waals surface area (Å²) >= 11 is 0. The topological polar surface area (TPSA) is 81.1 Å². The van der Waals surface area contributed by atoms with Gasteiger partial charge in [0.25, 0.3) is 5.91 Å². The highest BCUT2D eigenvalue weighted by molar-refractivity contribution is 5.98. The van der Waals surface area contributed by atoms with Crippen LogP contribution in [0.15, 0.2) is 18.2 Å². The molecule has 1 amide bonds. The van der Waals surface area contributed by atoms with E-state index >= 15 is 0 Å². The summed E-state index contributed by atoms with van der Waals surface area (Å²) < 4.78 is 0. The molecule has 0 aliphatic rings. The van der Waals surface area contributed by atoms with Crippen LogP contribution in [0.2, 0.25) is 0 Å². The molecule has 4 heteroatoms. The van der Waals surface area contributed by atoms with Crippen LogP contribution in [0, 0.1) is 0 Å². The summed E-state index contributed by atoms with van der Waals surface area (Å²) in [6.07, 6.45) is 3.28. The number of nitrogens with two attached hydrogens (primary N) is 2. The molecule has 0 radical (unpaired) electrons. The molecular formula is C13H21N3O. The van der Waals surface area contributed by atoms with Crippen LogP contribution in [0.5, 0.6) is 0 Å². The quantitative estimate of drug-likeness (QED) is 0.662. The minimum absolute atomic E-state index is 0.376. The Morgan fingerprint density at radius 2 is 2.12 bits per heavy atom. The first-order valence-electron chi connectivity index (χ1n) is 6.04. The smallest absolute Gasteiger partial charge is 0.250 e. The summed E-state index contributed by atoms with van der Waals surface area (Å²) in [5.74, 6) is -0.491. The van der Waals surface area contributed by atoms with E-state index in [2.05, 4.69) is 19.2 Å². The first-order valence-corrected chi connectivity index (χ1v) is 6.04. The van der Waals surface area contributed by atoms with Gasteiger partial charge >= 0.3 is 0 Å². The molecule has 5 N–H and O–H groups in total. The zero-order valence-electron chi connectivity index (χ0n) is 10.5. The van der Waals surface area contributed by atoms with Crippen molar-refractivity contribution in [2.45, 2.75) is 39.2 Å². The Morgan fingerprint density at radius 3 is 2.65 bits per heavy atom. The predicted octanol–water partition coefficient (Wildman–Crippen LogP) is 2.36. The van der Waals surface area contributed by atoms with Crippen LogP contribution in [0.1, 0.15) is 43.5 Å². The number of rotatable bonds is 6. The molecule has 0 bridgehead atoms. The van der Waals surface area contributed by atoms with Gasteiger partial charge < -0.3 is 16.8 Å². The molecule has 0 aliphatic carbocycles. The maximum absolute atomic E-state index is 11.2. The Bertz CT molecular complexity index is 390. The molecule has 0 fully saturated rings. The van der Waals surface area contributed by atoms with Gasteiger partial charge in [0.05, 0.1) is 5.56 Å². The second kappa shape index (κ2) is 6.13. The maximum Gasteiger partial charge on any atom is 0.250 e. The van der Waals surface area contributed by atoms with Crippen LogP contribution >= 0.6 is 0 Å². The Hall–Kier alpha value is -1.71. The second-order valence-corrected chi connectivity index (χ2v) is 4.20. The van der Waals surface area contributed by atoms with Crippen molar-refractivity contribution in [1.29, 1.82) is 0 Å². The number of nitrogen functional groups attached to an aromatic ring is 1. The molecule has 0 saturated carbocycles. The van der Waals surface area contributed by atoms with Gasteiger partial charge in [-0.2, -0.15) is 0 Å². The van der Waals surface area contributed by atoms with Crippen LogP contribution in [0.3, 0.4) is 0 Å². The molecule has 1 atom stereocenters. The zero-order valence-corrected chi connectivity index (χ0v) is 10.5. The number of carbonyl (C=O) groups is 1. The van der Waals surface area contributed by atoms with Gasteiger partial charge in [-0.15, -0.1) is 0 Å². The number of anilines is 2. The number of hydrogen-bond acceptors (Lipinski definition) is 3. The lowest BCUT2D eigenvalue weighted by atomic mass is 10.1. The average molecular weight is 235 g/mol. The third kappa shape index (κ3) is 3.66. The monoisotopic (exact) mass is 235 g/mol. The number of carbonyl (C=O) groups excluding carboxylic acids is 1. The highest BCUT2D eigenvalue weighted by Gasteiger charge is 2.09. The third-order valence-corrected chi connectivity index (χ3v) is 2.82. The van der Waals surface area contributed by atoms with E-state index in [1.807, 2.05) is 6.07 Å². The minimum atomic E-state index is -0.491. The first kappa shape index (κ1) is 13.4. The van der Waals surface area contributed by atoms with E-state index in [1.165, 1.54) is 0 Å². The van der Waals surface area contributed by atoms with Gasteiger partial charge in [-0.05, 0) is 31.0 Å². The lowest BCUT2D eigenvalue weighted by Crippen LogP contribution is -2.19.